The number of pyridine rings is 3. The minimum atomic E-state index is -0.187. The number of aromatic nitrogens is 7. The van der Waals surface area contributed by atoms with Crippen LogP contribution in [0.2, 0.25) is 0 Å². The van der Waals surface area contributed by atoms with Crippen LogP contribution in [0.15, 0.2) is 41.5 Å². The molecule has 0 spiro atoms. The van der Waals surface area contributed by atoms with Crippen molar-refractivity contribution in [3.8, 4) is 34.8 Å². The fourth-order valence-corrected chi connectivity index (χ4v) is 6.26. The summed E-state index contributed by atoms with van der Waals surface area (Å²) >= 11 is 3.37. The normalized spacial score (nSPS) is 18.4. The smallest absolute Gasteiger partial charge is 0.257 e. The summed E-state index contributed by atoms with van der Waals surface area (Å²) in [5, 5.41) is 5.67. The van der Waals surface area contributed by atoms with E-state index in [9.17, 15) is 9.59 Å². The van der Waals surface area contributed by atoms with Crippen molar-refractivity contribution in [3.05, 3.63) is 41.5 Å². The Hall–Kier alpha value is -4.99. The predicted octanol–water partition coefficient (Wildman–Crippen LogP) is 3.59. The highest BCUT2D eigenvalue weighted by atomic mass is 79.9. The highest BCUT2D eigenvalue weighted by Gasteiger charge is 2.30. The van der Waals surface area contributed by atoms with E-state index in [2.05, 4.69) is 46.5 Å². The summed E-state index contributed by atoms with van der Waals surface area (Å²) in [6, 6.07) is 7.31. The number of halogens is 1. The molecule has 2 aliphatic rings. The summed E-state index contributed by atoms with van der Waals surface area (Å²) in [6.45, 7) is 5.18. The minimum absolute atomic E-state index is 0.0485. The molecule has 258 valence electrons. The Bertz CT molecular complexity index is 2010. The number of hydrogen-bond acceptors (Lipinski definition) is 11. The quantitative estimate of drug-likeness (QED) is 0.212. The molecule has 7 heterocycles. The van der Waals surface area contributed by atoms with Gasteiger partial charge in [-0.3, -0.25) is 9.59 Å². The van der Waals surface area contributed by atoms with E-state index in [0.29, 0.717) is 65.3 Å². The van der Waals surface area contributed by atoms with Gasteiger partial charge in [0.1, 0.15) is 27.8 Å². The van der Waals surface area contributed by atoms with Gasteiger partial charge in [0.25, 0.3) is 5.88 Å². The lowest BCUT2D eigenvalue weighted by molar-refractivity contribution is -0.120. The molecule has 4 atom stereocenters. The number of aryl methyl sites for hydroxylation is 2. The van der Waals surface area contributed by atoms with E-state index in [-0.39, 0.29) is 35.9 Å². The Morgan fingerprint density at radius 2 is 1.29 bits per heavy atom. The number of ether oxygens (including phenoxy) is 4. The zero-order valence-corrected chi connectivity index (χ0v) is 29.6. The first kappa shape index (κ1) is 33.9. The maximum atomic E-state index is 11.6. The Labute approximate surface area is 290 Å². The number of carbonyl (C=O) groups excluding carboxylic acids is 2. The molecule has 5 aromatic rings. The first-order chi connectivity index (χ1) is 23.5. The van der Waals surface area contributed by atoms with E-state index in [4.69, 9.17) is 23.9 Å². The Morgan fingerprint density at radius 1 is 0.755 bits per heavy atom. The second-order valence-corrected chi connectivity index (χ2v) is 12.9. The summed E-state index contributed by atoms with van der Waals surface area (Å²) in [7, 11) is 6.90. The van der Waals surface area contributed by atoms with Gasteiger partial charge in [0.2, 0.25) is 23.6 Å². The van der Waals surface area contributed by atoms with Crippen molar-refractivity contribution in [1.82, 2.24) is 44.7 Å². The molecule has 0 unspecified atom stereocenters. The second-order valence-electron chi connectivity index (χ2n) is 12.1. The molecule has 2 amide bonds. The zero-order chi connectivity index (χ0) is 34.8. The number of methoxy groups -OCH3 is 2. The molecule has 15 nitrogen and oxygen atoms in total. The Morgan fingerprint density at radius 3 is 1.80 bits per heavy atom. The molecule has 2 saturated heterocycles. The maximum Gasteiger partial charge on any atom is 0.257 e. The van der Waals surface area contributed by atoms with E-state index in [1.165, 1.54) is 7.11 Å². The Kier molecular flexibility index (Phi) is 9.85. The molecule has 49 heavy (non-hydrogen) atoms. The number of hydrogen-bond donors (Lipinski definition) is 2. The third-order valence-corrected chi connectivity index (χ3v) is 9.14. The summed E-state index contributed by atoms with van der Waals surface area (Å²) in [5.74, 6) is 2.31. The van der Waals surface area contributed by atoms with Gasteiger partial charge in [0.15, 0.2) is 5.75 Å². The largest absolute Gasteiger partial charge is 0.491 e. The fourth-order valence-electron chi connectivity index (χ4n) is 5.88. The van der Waals surface area contributed by atoms with Gasteiger partial charge in [-0.1, -0.05) is 0 Å². The number of amides is 2. The van der Waals surface area contributed by atoms with Crippen LogP contribution in [-0.2, 0) is 23.7 Å². The van der Waals surface area contributed by atoms with Crippen LogP contribution >= 0.6 is 15.9 Å². The SMILES string of the molecule is COc1ccc(-c2cc3ncn(C)c3c(O[C@H](C)[C@H]3CNC(=O)C3)n2)nc1OC.C[C@@H](Oc1nc(Br)cc2ncn(C)c12)[C@H]1CNC(=O)C1. The number of nitrogens with one attached hydrogen (secondary N) is 2. The molecule has 0 aliphatic carbocycles. The van der Waals surface area contributed by atoms with Crippen molar-refractivity contribution in [2.45, 2.75) is 38.9 Å². The average Bonchev–Trinajstić information content (AvgIpc) is 3.89. The zero-order valence-electron chi connectivity index (χ0n) is 28.1. The van der Waals surface area contributed by atoms with Gasteiger partial charge in [-0.05, 0) is 54.0 Å². The molecule has 2 aliphatic heterocycles. The molecule has 16 heteroatoms. The van der Waals surface area contributed by atoms with Crippen LogP contribution in [0.5, 0.6) is 23.4 Å². The third-order valence-electron chi connectivity index (χ3n) is 8.74. The van der Waals surface area contributed by atoms with Crippen molar-refractivity contribution in [2.24, 2.45) is 25.9 Å². The van der Waals surface area contributed by atoms with Crippen molar-refractivity contribution in [3.63, 3.8) is 0 Å². The molecule has 5 aromatic heterocycles. The van der Waals surface area contributed by atoms with Gasteiger partial charge in [0, 0.05) is 51.9 Å². The van der Waals surface area contributed by atoms with Crippen LogP contribution in [0, 0.1) is 11.8 Å². The lowest BCUT2D eigenvalue weighted by Gasteiger charge is -2.20. The van der Waals surface area contributed by atoms with Crippen molar-refractivity contribution in [1.29, 1.82) is 0 Å². The first-order valence-electron chi connectivity index (χ1n) is 15.8. The van der Waals surface area contributed by atoms with E-state index in [1.807, 2.05) is 55.3 Å². The average molecular weight is 737 g/mol. The van der Waals surface area contributed by atoms with E-state index in [0.717, 1.165) is 22.1 Å². The van der Waals surface area contributed by atoms with Gasteiger partial charge >= 0.3 is 0 Å². The maximum absolute atomic E-state index is 11.6. The van der Waals surface area contributed by atoms with Gasteiger partial charge in [-0.25, -0.2) is 24.9 Å². The van der Waals surface area contributed by atoms with Crippen LogP contribution in [-0.4, -0.2) is 85.4 Å². The number of nitrogens with zero attached hydrogens (tertiary/aromatic N) is 7. The van der Waals surface area contributed by atoms with E-state index >= 15 is 0 Å². The summed E-state index contributed by atoms with van der Waals surface area (Å²) in [4.78, 5) is 45.2. The molecular weight excluding hydrogens is 698 g/mol. The second kappa shape index (κ2) is 14.2. The highest BCUT2D eigenvalue weighted by molar-refractivity contribution is 9.10. The van der Waals surface area contributed by atoms with Crippen LogP contribution in [0.1, 0.15) is 26.7 Å². The van der Waals surface area contributed by atoms with Gasteiger partial charge in [-0.15, -0.1) is 0 Å². The van der Waals surface area contributed by atoms with Gasteiger partial charge in [0.05, 0.1) is 49.3 Å². The highest BCUT2D eigenvalue weighted by Crippen LogP contribution is 2.33. The van der Waals surface area contributed by atoms with E-state index in [1.54, 1.807) is 25.8 Å². The topological polar surface area (TPSA) is 169 Å². The van der Waals surface area contributed by atoms with E-state index < -0.39 is 0 Å². The van der Waals surface area contributed by atoms with Crippen molar-refractivity contribution in [2.75, 3.05) is 27.3 Å². The first-order valence-corrected chi connectivity index (χ1v) is 16.6. The van der Waals surface area contributed by atoms with Crippen molar-refractivity contribution >= 4 is 49.8 Å². The molecule has 0 bridgehead atoms. The van der Waals surface area contributed by atoms with Crippen LogP contribution in [0.25, 0.3) is 33.5 Å². The molecular formula is C33H38BrN9O6. The number of rotatable bonds is 9. The van der Waals surface area contributed by atoms with Crippen LogP contribution in [0.4, 0.5) is 0 Å². The van der Waals surface area contributed by atoms with Crippen LogP contribution in [0.3, 0.4) is 0 Å². The number of carbonyl (C=O) groups is 2. The molecule has 2 fully saturated rings. The van der Waals surface area contributed by atoms with Crippen LogP contribution < -0.4 is 29.6 Å². The lowest BCUT2D eigenvalue weighted by Crippen LogP contribution is -2.26. The molecule has 0 aromatic carbocycles. The monoisotopic (exact) mass is 735 g/mol. The van der Waals surface area contributed by atoms with Crippen molar-refractivity contribution < 1.29 is 28.5 Å². The summed E-state index contributed by atoms with van der Waals surface area (Å²) in [5.41, 5.74) is 4.45. The third kappa shape index (κ3) is 7.23. The van der Waals surface area contributed by atoms with Gasteiger partial charge in [-0.2, -0.15) is 0 Å². The number of fused-ring (bicyclic) bond motifs is 2. The predicted molar refractivity (Wildman–Crippen MR) is 183 cm³/mol. The summed E-state index contributed by atoms with van der Waals surface area (Å²) in [6.07, 6.45) is 4.13. The minimum Gasteiger partial charge on any atom is -0.491 e. The van der Waals surface area contributed by atoms with Gasteiger partial charge < -0.3 is 38.7 Å². The molecule has 7 rings (SSSR count). The molecule has 2 N–H and O–H groups in total. The Balaban J connectivity index is 0.000000182. The lowest BCUT2D eigenvalue weighted by atomic mass is 10.0. The standard InChI is InChI=1S/C20H23N5O4.C13H15BrN4O2/c1-11(12-7-17(26)21-9-12)29-20-18-15(22-10-25(18)2)8-14(24-20)13-5-6-16(27-3)19(23-13)28-4;1-7(8-3-11(19)15-5-8)20-13-12-9(4-10(14)17-13)16-6-18(12)2/h5-6,8,10-12H,7,9H2,1-4H3,(H,21,26);4,6-8H,3,5H2,1-2H3,(H,15,19)/t11-,12-;7-,8-/m11/s1. The number of imidazole rings is 2. The summed E-state index contributed by atoms with van der Waals surface area (Å²) < 4.78 is 27.2. The molecule has 0 saturated carbocycles. The molecule has 0 radical (unpaired) electrons. The fraction of sp³-hybridized carbons (Fsp3) is 0.424.